The van der Waals surface area contributed by atoms with Crippen molar-refractivity contribution < 1.29 is 12.9 Å². The van der Waals surface area contributed by atoms with Gasteiger partial charge in [-0.05, 0) is 24.3 Å². The molecular formula is C10H11N3O3S. The number of nitrogens with zero attached hydrogens (tertiary/aromatic N) is 1. The highest BCUT2D eigenvalue weighted by molar-refractivity contribution is 7.89. The number of benzene rings is 1. The number of primary sulfonamides is 1. The van der Waals surface area contributed by atoms with Crippen LogP contribution in [0, 0.1) is 0 Å². The van der Waals surface area contributed by atoms with Crippen LogP contribution < -0.4 is 10.5 Å². The number of nitrogens with one attached hydrogen (secondary N) is 1. The van der Waals surface area contributed by atoms with Crippen molar-refractivity contribution in [2.24, 2.45) is 5.14 Å². The van der Waals surface area contributed by atoms with E-state index in [1.54, 1.807) is 24.4 Å². The molecule has 0 bridgehead atoms. The Morgan fingerprint density at radius 1 is 1.24 bits per heavy atom. The van der Waals surface area contributed by atoms with Crippen molar-refractivity contribution in [3.63, 3.8) is 0 Å². The second kappa shape index (κ2) is 4.56. The third kappa shape index (κ3) is 3.05. The first-order valence-corrected chi connectivity index (χ1v) is 6.36. The molecule has 1 aromatic carbocycles. The van der Waals surface area contributed by atoms with E-state index < -0.39 is 10.0 Å². The molecule has 0 radical (unpaired) electrons. The van der Waals surface area contributed by atoms with E-state index in [4.69, 9.17) is 9.66 Å². The predicted molar refractivity (Wildman–Crippen MR) is 61.6 cm³/mol. The molecule has 2 aromatic rings. The van der Waals surface area contributed by atoms with Gasteiger partial charge in [0.05, 0.1) is 17.6 Å². The molecule has 2 rings (SSSR count). The van der Waals surface area contributed by atoms with E-state index in [-0.39, 0.29) is 4.90 Å². The van der Waals surface area contributed by atoms with E-state index in [0.717, 1.165) is 5.69 Å². The highest BCUT2D eigenvalue weighted by Gasteiger charge is 2.06. The zero-order chi connectivity index (χ0) is 12.3. The van der Waals surface area contributed by atoms with Crippen molar-refractivity contribution in [2.75, 3.05) is 5.32 Å². The smallest absolute Gasteiger partial charge is 0.238 e. The largest absolute Gasteiger partial charge is 0.378 e. The molecular weight excluding hydrogens is 242 g/mol. The van der Waals surface area contributed by atoms with Crippen LogP contribution in [0.25, 0.3) is 0 Å². The number of rotatable bonds is 4. The van der Waals surface area contributed by atoms with Crippen LogP contribution in [0.5, 0.6) is 0 Å². The van der Waals surface area contributed by atoms with Crippen LogP contribution in [0.1, 0.15) is 5.76 Å². The van der Waals surface area contributed by atoms with Gasteiger partial charge in [-0.25, -0.2) is 13.6 Å². The van der Waals surface area contributed by atoms with Gasteiger partial charge in [0.25, 0.3) is 0 Å². The Hall–Kier alpha value is -1.86. The zero-order valence-corrected chi connectivity index (χ0v) is 9.65. The van der Waals surface area contributed by atoms with E-state index in [2.05, 4.69) is 10.5 Å². The van der Waals surface area contributed by atoms with Gasteiger partial charge in [0.2, 0.25) is 10.0 Å². The molecule has 0 aliphatic carbocycles. The van der Waals surface area contributed by atoms with Crippen LogP contribution in [-0.4, -0.2) is 13.6 Å². The molecule has 1 aromatic heterocycles. The Morgan fingerprint density at radius 2 is 1.94 bits per heavy atom. The number of aromatic nitrogens is 1. The maximum atomic E-state index is 11.0. The van der Waals surface area contributed by atoms with Crippen LogP contribution >= 0.6 is 0 Å². The van der Waals surface area contributed by atoms with Gasteiger partial charge in [-0.1, -0.05) is 5.16 Å². The molecule has 6 nitrogen and oxygen atoms in total. The van der Waals surface area contributed by atoms with Crippen molar-refractivity contribution in [2.45, 2.75) is 11.4 Å². The van der Waals surface area contributed by atoms with Crippen LogP contribution in [-0.2, 0) is 16.6 Å². The van der Waals surface area contributed by atoms with Gasteiger partial charge < -0.3 is 9.84 Å². The number of sulfonamides is 1. The van der Waals surface area contributed by atoms with Crippen LogP contribution in [0.4, 0.5) is 5.69 Å². The summed E-state index contributed by atoms with van der Waals surface area (Å²) in [7, 11) is -3.63. The molecule has 0 aliphatic heterocycles. The molecule has 0 amide bonds. The molecule has 7 heteroatoms. The third-order valence-corrected chi connectivity index (χ3v) is 3.07. The zero-order valence-electron chi connectivity index (χ0n) is 8.83. The highest BCUT2D eigenvalue weighted by atomic mass is 32.2. The summed E-state index contributed by atoms with van der Waals surface area (Å²) in [6.07, 6.45) is 1.56. The van der Waals surface area contributed by atoms with Crippen LogP contribution in [0.3, 0.4) is 0 Å². The van der Waals surface area contributed by atoms with E-state index >= 15 is 0 Å². The Kier molecular flexibility index (Phi) is 3.12. The maximum absolute atomic E-state index is 11.0. The Morgan fingerprint density at radius 3 is 2.47 bits per heavy atom. The van der Waals surface area contributed by atoms with E-state index in [0.29, 0.717) is 12.3 Å². The van der Waals surface area contributed by atoms with Crippen molar-refractivity contribution >= 4 is 15.7 Å². The second-order valence-corrected chi connectivity index (χ2v) is 4.96. The lowest BCUT2D eigenvalue weighted by atomic mass is 10.3. The summed E-state index contributed by atoms with van der Waals surface area (Å²) < 4.78 is 27.0. The van der Waals surface area contributed by atoms with Gasteiger partial charge in [0.15, 0.2) is 5.76 Å². The van der Waals surface area contributed by atoms with Crippen molar-refractivity contribution in [3.05, 3.63) is 42.3 Å². The first kappa shape index (κ1) is 11.6. The molecule has 1 heterocycles. The molecule has 0 saturated heterocycles. The molecule has 0 saturated carbocycles. The lowest BCUT2D eigenvalue weighted by Gasteiger charge is -2.04. The van der Waals surface area contributed by atoms with Crippen molar-refractivity contribution in [1.82, 2.24) is 5.16 Å². The standard InChI is InChI=1S/C10H11N3O3S/c11-17(14,15)10-3-1-8(2-4-10)12-7-9-5-6-13-16-9/h1-6,12H,7H2,(H2,11,14,15). The molecule has 0 fully saturated rings. The molecule has 17 heavy (non-hydrogen) atoms. The van der Waals surface area contributed by atoms with Gasteiger partial charge in [-0.2, -0.15) is 0 Å². The molecule has 0 spiro atoms. The highest BCUT2D eigenvalue weighted by Crippen LogP contribution is 2.13. The van der Waals surface area contributed by atoms with Gasteiger partial charge in [-0.3, -0.25) is 0 Å². The lowest BCUT2D eigenvalue weighted by Crippen LogP contribution is -2.11. The first-order valence-electron chi connectivity index (χ1n) is 4.82. The normalized spacial score (nSPS) is 11.4. The van der Waals surface area contributed by atoms with Crippen molar-refractivity contribution in [3.8, 4) is 0 Å². The summed E-state index contributed by atoms with van der Waals surface area (Å²) in [5.41, 5.74) is 0.772. The average Bonchev–Trinajstić information content (AvgIpc) is 2.78. The van der Waals surface area contributed by atoms with Crippen LogP contribution in [0.15, 0.2) is 45.9 Å². The SMILES string of the molecule is NS(=O)(=O)c1ccc(NCc2ccno2)cc1. The Balaban J connectivity index is 2.04. The number of nitrogens with two attached hydrogens (primary N) is 1. The van der Waals surface area contributed by atoms with Crippen molar-refractivity contribution in [1.29, 1.82) is 0 Å². The van der Waals surface area contributed by atoms with E-state index in [1.807, 2.05) is 0 Å². The third-order valence-electron chi connectivity index (χ3n) is 2.14. The van der Waals surface area contributed by atoms with E-state index in [1.165, 1.54) is 12.1 Å². The van der Waals surface area contributed by atoms with Gasteiger partial charge in [0, 0.05) is 11.8 Å². The minimum atomic E-state index is -3.63. The second-order valence-electron chi connectivity index (χ2n) is 3.40. The van der Waals surface area contributed by atoms with Gasteiger partial charge in [-0.15, -0.1) is 0 Å². The molecule has 3 N–H and O–H groups in total. The predicted octanol–water partition coefficient (Wildman–Crippen LogP) is 0.934. The summed E-state index contributed by atoms with van der Waals surface area (Å²) in [6.45, 7) is 0.481. The summed E-state index contributed by atoms with van der Waals surface area (Å²) in [5.74, 6) is 0.695. The fourth-order valence-corrected chi connectivity index (χ4v) is 1.80. The van der Waals surface area contributed by atoms with Gasteiger partial charge >= 0.3 is 0 Å². The summed E-state index contributed by atoms with van der Waals surface area (Å²) in [5, 5.41) is 11.6. The quantitative estimate of drug-likeness (QED) is 0.844. The molecule has 0 aliphatic rings. The average molecular weight is 253 g/mol. The number of hydrogen-bond acceptors (Lipinski definition) is 5. The van der Waals surface area contributed by atoms with Gasteiger partial charge in [0.1, 0.15) is 0 Å². The summed E-state index contributed by atoms with van der Waals surface area (Å²) >= 11 is 0. The first-order chi connectivity index (χ1) is 8.05. The number of hydrogen-bond donors (Lipinski definition) is 2. The fourth-order valence-electron chi connectivity index (χ4n) is 1.28. The topological polar surface area (TPSA) is 98.2 Å². The summed E-state index contributed by atoms with van der Waals surface area (Å²) in [4.78, 5) is 0.0858. The summed E-state index contributed by atoms with van der Waals surface area (Å²) in [6, 6.07) is 7.90. The van der Waals surface area contributed by atoms with Crippen LogP contribution in [0.2, 0.25) is 0 Å². The Labute approximate surface area is 98.5 Å². The molecule has 90 valence electrons. The minimum Gasteiger partial charge on any atom is -0.378 e. The monoisotopic (exact) mass is 253 g/mol. The van der Waals surface area contributed by atoms with E-state index in [9.17, 15) is 8.42 Å². The Bertz CT molecular complexity index is 576. The maximum Gasteiger partial charge on any atom is 0.238 e. The minimum absolute atomic E-state index is 0.0858. The molecule has 0 atom stereocenters. The number of anilines is 1. The fraction of sp³-hybridized carbons (Fsp3) is 0.100. The lowest BCUT2D eigenvalue weighted by molar-refractivity contribution is 0.388. The molecule has 0 unspecified atom stereocenters.